The average molecular weight is 341 g/mol. The van der Waals surface area contributed by atoms with Crippen molar-refractivity contribution < 1.29 is 4.79 Å². The Balaban J connectivity index is 1.77. The maximum atomic E-state index is 12.5. The first-order chi connectivity index (χ1) is 11.5. The molecule has 0 fully saturated rings. The van der Waals surface area contributed by atoms with Gasteiger partial charge in [-0.05, 0) is 43.2 Å². The third-order valence-corrected chi connectivity index (χ3v) is 4.08. The molecular formula is C19H17ClN2O2. The van der Waals surface area contributed by atoms with Gasteiger partial charge in [0.25, 0.3) is 5.91 Å². The Morgan fingerprint density at radius 3 is 2.79 bits per heavy atom. The minimum absolute atomic E-state index is 0.117. The molecule has 2 N–H and O–H groups in total. The van der Waals surface area contributed by atoms with E-state index in [1.165, 1.54) is 6.20 Å². The van der Waals surface area contributed by atoms with Crippen LogP contribution in [0.25, 0.3) is 10.9 Å². The molecule has 0 saturated heterocycles. The first-order valence-electron chi connectivity index (χ1n) is 7.70. The smallest absolute Gasteiger partial charge is 0.256 e. The molecule has 3 rings (SSSR count). The number of aromatic amines is 1. The van der Waals surface area contributed by atoms with Crippen molar-refractivity contribution in [1.82, 2.24) is 10.3 Å². The SMILES string of the molecule is CC(Cc1cccc(Cl)c1)NC(=O)c1c[nH]c2ccccc2c1=O. The van der Waals surface area contributed by atoms with Gasteiger partial charge in [-0.2, -0.15) is 0 Å². The summed E-state index contributed by atoms with van der Waals surface area (Å²) < 4.78 is 0. The Morgan fingerprint density at radius 2 is 2.00 bits per heavy atom. The summed E-state index contributed by atoms with van der Waals surface area (Å²) >= 11 is 5.97. The molecule has 0 saturated carbocycles. The lowest BCUT2D eigenvalue weighted by Gasteiger charge is -2.14. The van der Waals surface area contributed by atoms with Gasteiger partial charge in [0, 0.05) is 28.2 Å². The first kappa shape index (κ1) is 16.3. The van der Waals surface area contributed by atoms with E-state index in [1.54, 1.807) is 18.2 Å². The van der Waals surface area contributed by atoms with Gasteiger partial charge in [0.1, 0.15) is 5.56 Å². The fraction of sp³-hybridized carbons (Fsp3) is 0.158. The quantitative estimate of drug-likeness (QED) is 0.763. The molecule has 0 spiro atoms. The van der Waals surface area contributed by atoms with Crippen molar-refractivity contribution in [3.8, 4) is 0 Å². The van der Waals surface area contributed by atoms with Crippen molar-refractivity contribution in [2.45, 2.75) is 19.4 Å². The highest BCUT2D eigenvalue weighted by molar-refractivity contribution is 6.30. The van der Waals surface area contributed by atoms with Crippen molar-refractivity contribution in [3.63, 3.8) is 0 Å². The van der Waals surface area contributed by atoms with E-state index in [0.29, 0.717) is 22.3 Å². The molecule has 3 aromatic rings. The van der Waals surface area contributed by atoms with Gasteiger partial charge in [-0.3, -0.25) is 9.59 Å². The normalized spacial score (nSPS) is 12.1. The third kappa shape index (κ3) is 3.49. The van der Waals surface area contributed by atoms with Gasteiger partial charge in [0.05, 0.1) is 0 Å². The van der Waals surface area contributed by atoms with E-state index in [2.05, 4.69) is 10.3 Å². The molecule has 0 aliphatic heterocycles. The number of amides is 1. The van der Waals surface area contributed by atoms with E-state index in [4.69, 9.17) is 11.6 Å². The Bertz CT molecular complexity index is 949. The maximum Gasteiger partial charge on any atom is 0.256 e. The number of hydrogen-bond acceptors (Lipinski definition) is 2. The van der Waals surface area contributed by atoms with Crippen LogP contribution in [0.1, 0.15) is 22.8 Å². The molecule has 4 nitrogen and oxygen atoms in total. The van der Waals surface area contributed by atoms with Crippen LogP contribution in [0.2, 0.25) is 5.02 Å². The molecule has 1 heterocycles. The maximum absolute atomic E-state index is 12.5. The number of aromatic nitrogens is 1. The van der Waals surface area contributed by atoms with E-state index in [0.717, 1.165) is 5.56 Å². The van der Waals surface area contributed by atoms with Crippen LogP contribution in [0.5, 0.6) is 0 Å². The summed E-state index contributed by atoms with van der Waals surface area (Å²) in [6, 6.07) is 14.5. The Kier molecular flexibility index (Phi) is 4.67. The molecule has 1 unspecified atom stereocenters. The highest BCUT2D eigenvalue weighted by atomic mass is 35.5. The van der Waals surface area contributed by atoms with Crippen LogP contribution < -0.4 is 10.7 Å². The Labute approximate surface area is 144 Å². The lowest BCUT2D eigenvalue weighted by atomic mass is 10.1. The number of H-pyrrole nitrogens is 1. The number of halogens is 1. The number of rotatable bonds is 4. The number of nitrogens with one attached hydrogen (secondary N) is 2. The topological polar surface area (TPSA) is 62.0 Å². The molecule has 0 aliphatic carbocycles. The van der Waals surface area contributed by atoms with Gasteiger partial charge in [-0.1, -0.05) is 35.9 Å². The average Bonchev–Trinajstić information content (AvgIpc) is 2.55. The summed E-state index contributed by atoms with van der Waals surface area (Å²) in [5.74, 6) is -0.378. The summed E-state index contributed by atoms with van der Waals surface area (Å²) in [7, 11) is 0. The molecule has 24 heavy (non-hydrogen) atoms. The highest BCUT2D eigenvalue weighted by Gasteiger charge is 2.15. The molecule has 0 bridgehead atoms. The fourth-order valence-electron chi connectivity index (χ4n) is 2.71. The van der Waals surface area contributed by atoms with Crippen LogP contribution in [0.4, 0.5) is 0 Å². The third-order valence-electron chi connectivity index (χ3n) is 3.84. The molecule has 0 radical (unpaired) electrons. The monoisotopic (exact) mass is 340 g/mol. The number of benzene rings is 2. The van der Waals surface area contributed by atoms with Crippen LogP contribution in [0.15, 0.2) is 59.5 Å². The molecular weight excluding hydrogens is 324 g/mol. The number of para-hydroxylation sites is 1. The summed E-state index contributed by atoms with van der Waals surface area (Å²) in [5, 5.41) is 4.04. The number of carbonyl (C=O) groups is 1. The number of hydrogen-bond donors (Lipinski definition) is 2. The van der Waals surface area contributed by atoms with Crippen molar-refractivity contribution in [2.75, 3.05) is 0 Å². The minimum Gasteiger partial charge on any atom is -0.360 e. The molecule has 1 amide bonds. The van der Waals surface area contributed by atoms with Gasteiger partial charge in [-0.15, -0.1) is 0 Å². The standard InChI is InChI=1S/C19H17ClN2O2/c1-12(9-13-5-4-6-14(20)10-13)22-19(24)16-11-21-17-8-3-2-7-15(17)18(16)23/h2-8,10-12H,9H2,1H3,(H,21,23)(H,22,24). The van der Waals surface area contributed by atoms with Gasteiger partial charge >= 0.3 is 0 Å². The second kappa shape index (κ2) is 6.89. The van der Waals surface area contributed by atoms with Crippen LogP contribution >= 0.6 is 11.6 Å². The predicted octanol–water partition coefficient (Wildman–Crippen LogP) is 3.54. The zero-order valence-electron chi connectivity index (χ0n) is 13.2. The van der Waals surface area contributed by atoms with E-state index in [9.17, 15) is 9.59 Å². The zero-order chi connectivity index (χ0) is 17.1. The zero-order valence-corrected chi connectivity index (χ0v) is 13.9. The summed E-state index contributed by atoms with van der Waals surface area (Å²) in [4.78, 5) is 27.9. The van der Waals surface area contributed by atoms with Gasteiger partial charge in [-0.25, -0.2) is 0 Å². The lowest BCUT2D eigenvalue weighted by Crippen LogP contribution is -2.36. The molecule has 2 aromatic carbocycles. The first-order valence-corrected chi connectivity index (χ1v) is 8.08. The van der Waals surface area contributed by atoms with E-state index >= 15 is 0 Å². The van der Waals surface area contributed by atoms with Crippen molar-refractivity contribution in [2.24, 2.45) is 0 Å². The second-order valence-corrected chi connectivity index (χ2v) is 6.22. The van der Waals surface area contributed by atoms with E-state index in [-0.39, 0.29) is 22.9 Å². The van der Waals surface area contributed by atoms with Crippen LogP contribution in [0.3, 0.4) is 0 Å². The summed E-state index contributed by atoms with van der Waals surface area (Å²) in [6.07, 6.45) is 2.10. The van der Waals surface area contributed by atoms with Crippen molar-refractivity contribution in [1.29, 1.82) is 0 Å². The summed E-state index contributed by atoms with van der Waals surface area (Å²) in [6.45, 7) is 1.90. The molecule has 5 heteroatoms. The molecule has 1 atom stereocenters. The van der Waals surface area contributed by atoms with Crippen LogP contribution in [-0.4, -0.2) is 16.9 Å². The number of pyridine rings is 1. The van der Waals surface area contributed by atoms with E-state index < -0.39 is 0 Å². The highest BCUT2D eigenvalue weighted by Crippen LogP contribution is 2.12. The lowest BCUT2D eigenvalue weighted by molar-refractivity contribution is 0.0939. The number of carbonyl (C=O) groups excluding carboxylic acids is 1. The molecule has 122 valence electrons. The Morgan fingerprint density at radius 1 is 1.21 bits per heavy atom. The van der Waals surface area contributed by atoms with Gasteiger partial charge in [0.15, 0.2) is 0 Å². The van der Waals surface area contributed by atoms with Crippen LogP contribution in [-0.2, 0) is 6.42 Å². The van der Waals surface area contributed by atoms with Gasteiger partial charge in [0.2, 0.25) is 5.43 Å². The fourth-order valence-corrected chi connectivity index (χ4v) is 2.92. The van der Waals surface area contributed by atoms with Crippen LogP contribution in [0, 0.1) is 0 Å². The Hall–Kier alpha value is -2.59. The largest absolute Gasteiger partial charge is 0.360 e. The van der Waals surface area contributed by atoms with E-state index in [1.807, 2.05) is 37.3 Å². The summed E-state index contributed by atoms with van der Waals surface area (Å²) in [5.41, 5.74) is 1.59. The predicted molar refractivity (Wildman–Crippen MR) is 96.7 cm³/mol. The molecule has 1 aromatic heterocycles. The number of fused-ring (bicyclic) bond motifs is 1. The van der Waals surface area contributed by atoms with Gasteiger partial charge < -0.3 is 10.3 Å². The van der Waals surface area contributed by atoms with Crippen molar-refractivity contribution >= 4 is 28.4 Å². The minimum atomic E-state index is -0.378. The van der Waals surface area contributed by atoms with Crippen molar-refractivity contribution in [3.05, 3.63) is 81.1 Å². The molecule has 0 aliphatic rings. The second-order valence-electron chi connectivity index (χ2n) is 5.79.